The molecule has 0 saturated heterocycles. The number of rotatable bonds is 8. The normalized spacial score (nSPS) is 28.6. The van der Waals surface area contributed by atoms with Crippen LogP contribution in [0.2, 0.25) is 0 Å². The summed E-state index contributed by atoms with van der Waals surface area (Å²) in [4.78, 5) is 24.6. The summed E-state index contributed by atoms with van der Waals surface area (Å²) in [6.07, 6.45) is 1.21. The molecule has 1 aliphatic carbocycles. The van der Waals surface area contributed by atoms with E-state index in [1.165, 1.54) is 0 Å². The topological polar surface area (TPSA) is 110 Å². The number of aliphatic hydroxyl groups is 1. The zero-order valence-corrected chi connectivity index (χ0v) is 12.5. The van der Waals surface area contributed by atoms with Gasteiger partial charge in [0.2, 0.25) is 0 Å². The van der Waals surface area contributed by atoms with Gasteiger partial charge in [-0.15, -0.1) is 0 Å². The zero-order valence-electron chi connectivity index (χ0n) is 11.6. The lowest BCUT2D eigenvalue weighted by atomic mass is 9.90. The van der Waals surface area contributed by atoms with Crippen molar-refractivity contribution in [2.24, 2.45) is 17.0 Å². The molecule has 1 rings (SSSR count). The fourth-order valence-corrected chi connectivity index (χ4v) is 2.96. The SMILES string of the molecule is C=[N+]=NCCCC(=O)C1CC(O)CC1COP(C)(=O)O. The zero-order chi connectivity index (χ0) is 15.2. The predicted molar refractivity (Wildman–Crippen MR) is 72.8 cm³/mol. The first-order valence-electron chi connectivity index (χ1n) is 6.61. The van der Waals surface area contributed by atoms with E-state index in [2.05, 4.69) is 16.6 Å². The Balaban J connectivity index is 2.49. The molecule has 4 atom stereocenters. The van der Waals surface area contributed by atoms with Gasteiger partial charge in [-0.3, -0.25) is 9.36 Å². The molecule has 8 heteroatoms. The minimum absolute atomic E-state index is 0.0241. The average Bonchev–Trinajstić information content (AvgIpc) is 2.72. The Kier molecular flexibility index (Phi) is 6.72. The average molecular weight is 305 g/mol. The molecule has 0 amide bonds. The third-order valence-corrected chi connectivity index (χ3v) is 4.02. The van der Waals surface area contributed by atoms with Crippen molar-refractivity contribution in [2.45, 2.75) is 31.8 Å². The van der Waals surface area contributed by atoms with Gasteiger partial charge in [0.1, 0.15) is 12.3 Å². The van der Waals surface area contributed by atoms with Crippen molar-refractivity contribution < 1.29 is 28.7 Å². The van der Waals surface area contributed by atoms with E-state index in [4.69, 9.17) is 9.42 Å². The van der Waals surface area contributed by atoms with Crippen LogP contribution in [-0.4, -0.2) is 53.2 Å². The first kappa shape index (κ1) is 17.2. The van der Waals surface area contributed by atoms with Crippen LogP contribution in [-0.2, 0) is 13.9 Å². The van der Waals surface area contributed by atoms with Crippen molar-refractivity contribution in [1.82, 2.24) is 0 Å². The van der Waals surface area contributed by atoms with Gasteiger partial charge in [-0.25, -0.2) is 0 Å². The summed E-state index contributed by atoms with van der Waals surface area (Å²) in [5, 5.41) is 13.4. The van der Waals surface area contributed by atoms with E-state index in [1.807, 2.05) is 0 Å². The summed E-state index contributed by atoms with van der Waals surface area (Å²) in [5.41, 5.74) is 0. The van der Waals surface area contributed by atoms with Crippen LogP contribution in [0.15, 0.2) is 5.11 Å². The number of Topliss-reactive ketones (excluding diaryl/α,β-unsaturated/α-hetero) is 1. The molecular formula is C12H22N2O5P+. The van der Waals surface area contributed by atoms with Gasteiger partial charge in [0.05, 0.1) is 17.8 Å². The van der Waals surface area contributed by atoms with Crippen LogP contribution in [0, 0.1) is 11.8 Å². The van der Waals surface area contributed by atoms with Crippen LogP contribution in [0.5, 0.6) is 0 Å². The summed E-state index contributed by atoms with van der Waals surface area (Å²) in [6, 6.07) is 0. The Morgan fingerprint density at radius 2 is 2.25 bits per heavy atom. The molecule has 2 N–H and O–H groups in total. The number of hydrogen-bond donors (Lipinski definition) is 2. The van der Waals surface area contributed by atoms with Crippen molar-refractivity contribution in [3.05, 3.63) is 0 Å². The Bertz CT molecular complexity index is 430. The molecule has 0 bridgehead atoms. The van der Waals surface area contributed by atoms with Crippen molar-refractivity contribution >= 4 is 20.1 Å². The Labute approximate surface area is 118 Å². The summed E-state index contributed by atoms with van der Waals surface area (Å²) in [5.74, 6) is -0.473. The lowest BCUT2D eigenvalue weighted by Crippen LogP contribution is -2.22. The van der Waals surface area contributed by atoms with Crippen LogP contribution < -0.4 is 0 Å². The monoisotopic (exact) mass is 305 g/mol. The van der Waals surface area contributed by atoms with Crippen LogP contribution in [0.3, 0.4) is 0 Å². The Hall–Kier alpha value is -0.840. The standard InChI is InChI=1S/C12H21N2O5P/c1-13-14-5-3-4-12(16)11-7-10(15)6-9(11)8-19-20(2,17)18/h9-11,15H,1,3-8H2,2H3/p+1. The van der Waals surface area contributed by atoms with Crippen LogP contribution >= 0.6 is 7.60 Å². The van der Waals surface area contributed by atoms with Crippen molar-refractivity contribution in [3.63, 3.8) is 0 Å². The number of nitrogens with zero attached hydrogens (tertiary/aromatic N) is 2. The van der Waals surface area contributed by atoms with Gasteiger partial charge >= 0.3 is 7.60 Å². The maximum Gasteiger partial charge on any atom is 0.325 e. The highest BCUT2D eigenvalue weighted by atomic mass is 31.2. The molecule has 0 heterocycles. The minimum Gasteiger partial charge on any atom is -0.393 e. The van der Waals surface area contributed by atoms with Gasteiger partial charge in [0.25, 0.3) is 6.72 Å². The van der Waals surface area contributed by atoms with Gasteiger partial charge in [0.15, 0.2) is 0 Å². The van der Waals surface area contributed by atoms with Crippen molar-refractivity contribution in [1.29, 1.82) is 0 Å². The molecule has 0 spiro atoms. The van der Waals surface area contributed by atoms with E-state index in [0.717, 1.165) is 6.66 Å². The van der Waals surface area contributed by atoms with E-state index in [1.54, 1.807) is 0 Å². The quantitative estimate of drug-likeness (QED) is 0.228. The van der Waals surface area contributed by atoms with Gasteiger partial charge in [0, 0.05) is 23.8 Å². The molecule has 0 aromatic rings. The molecule has 4 unspecified atom stereocenters. The number of hydrogen-bond acceptors (Lipinski definition) is 5. The first-order valence-corrected chi connectivity index (χ1v) is 8.64. The molecule has 1 saturated carbocycles. The maximum atomic E-state index is 12.1. The van der Waals surface area contributed by atoms with Gasteiger partial charge < -0.3 is 14.5 Å². The van der Waals surface area contributed by atoms with Crippen molar-refractivity contribution in [3.8, 4) is 0 Å². The molecule has 0 aromatic heterocycles. The molecule has 7 nitrogen and oxygen atoms in total. The fraction of sp³-hybridized carbons (Fsp3) is 0.833. The minimum atomic E-state index is -3.55. The van der Waals surface area contributed by atoms with E-state index in [9.17, 15) is 14.5 Å². The molecule has 0 aromatic carbocycles. The largest absolute Gasteiger partial charge is 0.393 e. The third-order valence-electron chi connectivity index (χ3n) is 3.39. The number of aliphatic hydroxyl groups excluding tert-OH is 1. The predicted octanol–water partition coefficient (Wildman–Crippen LogP) is 0.916. The summed E-state index contributed by atoms with van der Waals surface area (Å²) in [6.45, 7) is 4.81. The summed E-state index contributed by atoms with van der Waals surface area (Å²) in [7, 11) is -3.55. The lowest BCUT2D eigenvalue weighted by Gasteiger charge is -2.18. The number of carbonyl (C=O) groups is 1. The van der Waals surface area contributed by atoms with Gasteiger partial charge in [-0.1, -0.05) is 0 Å². The van der Waals surface area contributed by atoms with Gasteiger partial charge in [-0.05, 0) is 25.2 Å². The van der Waals surface area contributed by atoms with Crippen LogP contribution in [0.25, 0.3) is 0 Å². The van der Waals surface area contributed by atoms with E-state index in [0.29, 0.717) is 32.2 Å². The van der Waals surface area contributed by atoms with E-state index < -0.39 is 13.7 Å². The highest BCUT2D eigenvalue weighted by Crippen LogP contribution is 2.41. The molecule has 1 aliphatic rings. The smallest absolute Gasteiger partial charge is 0.325 e. The molecule has 114 valence electrons. The second-order valence-corrected chi connectivity index (χ2v) is 7.03. The highest BCUT2D eigenvalue weighted by Gasteiger charge is 2.38. The van der Waals surface area contributed by atoms with E-state index >= 15 is 0 Å². The first-order chi connectivity index (χ1) is 9.33. The molecular weight excluding hydrogens is 283 g/mol. The second kappa shape index (κ2) is 7.81. The molecule has 20 heavy (non-hydrogen) atoms. The summed E-state index contributed by atoms with van der Waals surface area (Å²) < 4.78 is 16.0. The lowest BCUT2D eigenvalue weighted by molar-refractivity contribution is -0.124. The van der Waals surface area contributed by atoms with E-state index in [-0.39, 0.29) is 24.2 Å². The van der Waals surface area contributed by atoms with Crippen LogP contribution in [0.1, 0.15) is 25.7 Å². The van der Waals surface area contributed by atoms with Crippen LogP contribution in [0.4, 0.5) is 0 Å². The Morgan fingerprint density at radius 1 is 1.55 bits per heavy atom. The maximum absolute atomic E-state index is 12.1. The second-order valence-electron chi connectivity index (χ2n) is 5.17. The number of carbonyl (C=O) groups excluding carboxylic acids is 1. The highest BCUT2D eigenvalue weighted by molar-refractivity contribution is 7.51. The van der Waals surface area contributed by atoms with Gasteiger partial charge in [-0.2, -0.15) is 0 Å². The number of ketones is 1. The summed E-state index contributed by atoms with van der Waals surface area (Å²) >= 11 is 0. The Morgan fingerprint density at radius 3 is 2.85 bits per heavy atom. The molecule has 1 fully saturated rings. The van der Waals surface area contributed by atoms with Crippen molar-refractivity contribution in [2.75, 3.05) is 19.8 Å². The third kappa shape index (κ3) is 6.07. The fourth-order valence-electron chi connectivity index (χ4n) is 2.49. The molecule has 0 radical (unpaired) electrons. The molecule has 0 aliphatic heterocycles.